The topological polar surface area (TPSA) is 93.7 Å². The highest BCUT2D eigenvalue weighted by Gasteiger charge is 2.30. The molecule has 1 unspecified atom stereocenters. The van der Waals surface area contributed by atoms with Gasteiger partial charge in [-0.3, -0.25) is 10.4 Å². The van der Waals surface area contributed by atoms with Crippen LogP contribution in [0.2, 0.25) is 0 Å². The standard InChI is InChI=1S/C6H12N4O2/c1-4(5(11)12)9-2-3-10(8)6(9)7/h4,7H,2-3,8H2,1H3,(H,11,12). The third-order valence-electron chi connectivity index (χ3n) is 1.95. The van der Waals surface area contributed by atoms with Gasteiger partial charge in [-0.2, -0.15) is 0 Å². The minimum atomic E-state index is -0.935. The van der Waals surface area contributed by atoms with Crippen LogP contribution >= 0.6 is 0 Å². The Kier molecular flexibility index (Phi) is 2.18. The molecule has 0 bridgehead atoms. The predicted octanol–water partition coefficient (Wildman–Crippen LogP) is -1.11. The van der Waals surface area contributed by atoms with Crippen LogP contribution in [0.3, 0.4) is 0 Å². The summed E-state index contributed by atoms with van der Waals surface area (Å²) in [5, 5.41) is 17.3. The first-order valence-electron chi connectivity index (χ1n) is 3.64. The largest absolute Gasteiger partial charge is 0.480 e. The van der Waals surface area contributed by atoms with Gasteiger partial charge in [0, 0.05) is 6.54 Å². The number of nitrogens with two attached hydrogens (primary N) is 1. The van der Waals surface area contributed by atoms with E-state index in [4.69, 9.17) is 16.4 Å². The first-order valence-corrected chi connectivity index (χ1v) is 3.64. The molecule has 0 spiro atoms. The third kappa shape index (κ3) is 1.33. The fourth-order valence-electron chi connectivity index (χ4n) is 1.10. The number of hydrogen-bond acceptors (Lipinski definition) is 3. The Labute approximate surface area is 70.0 Å². The molecule has 1 fully saturated rings. The number of hydrogen-bond donors (Lipinski definition) is 3. The molecule has 6 nitrogen and oxygen atoms in total. The molecule has 0 aromatic carbocycles. The lowest BCUT2D eigenvalue weighted by molar-refractivity contribution is -0.141. The van der Waals surface area contributed by atoms with Crippen molar-refractivity contribution in [1.29, 1.82) is 5.41 Å². The van der Waals surface area contributed by atoms with Gasteiger partial charge in [0.05, 0.1) is 6.54 Å². The number of nitrogens with zero attached hydrogens (tertiary/aromatic N) is 2. The van der Waals surface area contributed by atoms with Crippen molar-refractivity contribution in [2.75, 3.05) is 13.1 Å². The molecule has 0 saturated carbocycles. The highest BCUT2D eigenvalue weighted by atomic mass is 16.4. The number of carbonyl (C=O) groups is 1. The Morgan fingerprint density at radius 3 is 2.67 bits per heavy atom. The summed E-state index contributed by atoms with van der Waals surface area (Å²) in [5.41, 5.74) is 0. The maximum absolute atomic E-state index is 10.5. The zero-order valence-electron chi connectivity index (χ0n) is 6.82. The van der Waals surface area contributed by atoms with Gasteiger partial charge in [0.1, 0.15) is 6.04 Å². The lowest BCUT2D eigenvalue weighted by atomic mass is 10.3. The molecule has 1 aliphatic heterocycles. The summed E-state index contributed by atoms with van der Waals surface area (Å²) in [6.07, 6.45) is 0. The molecule has 4 N–H and O–H groups in total. The van der Waals surface area contributed by atoms with Gasteiger partial charge in [-0.25, -0.2) is 10.6 Å². The van der Waals surface area contributed by atoms with E-state index in [2.05, 4.69) is 0 Å². The van der Waals surface area contributed by atoms with Gasteiger partial charge in [0.15, 0.2) is 0 Å². The minimum absolute atomic E-state index is 0.0740. The van der Waals surface area contributed by atoms with Crippen LogP contribution < -0.4 is 5.84 Å². The summed E-state index contributed by atoms with van der Waals surface area (Å²) >= 11 is 0. The normalized spacial score (nSPS) is 20.0. The fraction of sp³-hybridized carbons (Fsp3) is 0.667. The van der Waals surface area contributed by atoms with Crippen molar-refractivity contribution in [2.45, 2.75) is 13.0 Å². The Morgan fingerprint density at radius 1 is 1.75 bits per heavy atom. The highest BCUT2D eigenvalue weighted by Crippen LogP contribution is 2.07. The van der Waals surface area contributed by atoms with Gasteiger partial charge in [0.2, 0.25) is 5.96 Å². The summed E-state index contributed by atoms with van der Waals surface area (Å²) < 4.78 is 0. The predicted molar refractivity (Wildman–Crippen MR) is 42.4 cm³/mol. The Balaban J connectivity index is 2.65. The zero-order valence-corrected chi connectivity index (χ0v) is 6.82. The Morgan fingerprint density at radius 2 is 2.33 bits per heavy atom. The fourth-order valence-corrected chi connectivity index (χ4v) is 1.10. The van der Waals surface area contributed by atoms with E-state index in [-0.39, 0.29) is 5.96 Å². The smallest absolute Gasteiger partial charge is 0.326 e. The first-order chi connectivity index (χ1) is 5.54. The van der Waals surface area contributed by atoms with Crippen molar-refractivity contribution in [1.82, 2.24) is 9.91 Å². The molecular formula is C6H12N4O2. The Hall–Kier alpha value is -1.30. The van der Waals surface area contributed by atoms with E-state index in [9.17, 15) is 4.79 Å². The average molecular weight is 172 g/mol. The molecule has 0 amide bonds. The first kappa shape index (κ1) is 8.79. The molecule has 6 heteroatoms. The SMILES string of the molecule is CC(C(=O)O)N1CCN(N)C1=N. The lowest BCUT2D eigenvalue weighted by Gasteiger charge is -2.22. The van der Waals surface area contributed by atoms with Gasteiger partial charge < -0.3 is 10.0 Å². The highest BCUT2D eigenvalue weighted by molar-refractivity contribution is 5.84. The number of nitrogens with one attached hydrogen (secondary N) is 1. The number of rotatable bonds is 2. The molecule has 0 aromatic rings. The summed E-state index contributed by atoms with van der Waals surface area (Å²) in [6.45, 7) is 2.55. The summed E-state index contributed by atoms with van der Waals surface area (Å²) in [7, 11) is 0. The van der Waals surface area contributed by atoms with Gasteiger partial charge in [-0.15, -0.1) is 0 Å². The van der Waals surface area contributed by atoms with Gasteiger partial charge >= 0.3 is 5.97 Å². The Bertz CT molecular complexity index is 218. The zero-order chi connectivity index (χ0) is 9.30. The van der Waals surface area contributed by atoms with Crippen molar-refractivity contribution < 1.29 is 9.90 Å². The molecule has 1 saturated heterocycles. The summed E-state index contributed by atoms with van der Waals surface area (Å²) in [5.74, 6) is 4.52. The number of hydrazine groups is 1. The van der Waals surface area contributed by atoms with Crippen molar-refractivity contribution >= 4 is 11.9 Å². The second-order valence-corrected chi connectivity index (χ2v) is 2.72. The molecule has 1 heterocycles. The number of aliphatic carboxylic acids is 1. The third-order valence-corrected chi connectivity index (χ3v) is 1.95. The second-order valence-electron chi connectivity index (χ2n) is 2.72. The van der Waals surface area contributed by atoms with Crippen LogP contribution in [0.4, 0.5) is 0 Å². The molecule has 0 aliphatic carbocycles. The van der Waals surface area contributed by atoms with Crippen LogP contribution in [-0.2, 0) is 4.79 Å². The monoisotopic (exact) mass is 172 g/mol. The van der Waals surface area contributed by atoms with Crippen LogP contribution in [0.5, 0.6) is 0 Å². The van der Waals surface area contributed by atoms with Crippen molar-refractivity contribution in [3.63, 3.8) is 0 Å². The van der Waals surface area contributed by atoms with Crippen LogP contribution in [0, 0.1) is 5.41 Å². The second kappa shape index (κ2) is 2.98. The lowest BCUT2D eigenvalue weighted by Crippen LogP contribution is -2.44. The molecule has 1 atom stereocenters. The van der Waals surface area contributed by atoms with Crippen molar-refractivity contribution in [3.05, 3.63) is 0 Å². The van der Waals surface area contributed by atoms with Gasteiger partial charge in [-0.1, -0.05) is 0 Å². The van der Waals surface area contributed by atoms with E-state index in [1.54, 1.807) is 0 Å². The number of guanidine groups is 1. The van der Waals surface area contributed by atoms with Crippen LogP contribution in [0.15, 0.2) is 0 Å². The van der Waals surface area contributed by atoms with E-state index >= 15 is 0 Å². The van der Waals surface area contributed by atoms with E-state index < -0.39 is 12.0 Å². The molecule has 1 rings (SSSR count). The molecule has 0 radical (unpaired) electrons. The van der Waals surface area contributed by atoms with E-state index in [0.717, 1.165) is 0 Å². The minimum Gasteiger partial charge on any atom is -0.480 e. The molecule has 1 aliphatic rings. The van der Waals surface area contributed by atoms with Crippen LogP contribution in [0.25, 0.3) is 0 Å². The summed E-state index contributed by atoms with van der Waals surface area (Å²) in [6, 6.07) is -0.675. The molecular weight excluding hydrogens is 160 g/mol. The van der Waals surface area contributed by atoms with Crippen molar-refractivity contribution in [3.8, 4) is 0 Å². The van der Waals surface area contributed by atoms with Gasteiger partial charge in [0.25, 0.3) is 0 Å². The maximum atomic E-state index is 10.5. The van der Waals surface area contributed by atoms with E-state index in [1.807, 2.05) is 0 Å². The van der Waals surface area contributed by atoms with Gasteiger partial charge in [-0.05, 0) is 6.92 Å². The maximum Gasteiger partial charge on any atom is 0.326 e. The molecule has 0 aromatic heterocycles. The van der Waals surface area contributed by atoms with E-state index in [0.29, 0.717) is 13.1 Å². The number of carboxylic acid groups (broad SMARTS) is 1. The quantitative estimate of drug-likeness (QED) is 0.459. The molecule has 68 valence electrons. The van der Waals surface area contributed by atoms with E-state index in [1.165, 1.54) is 16.8 Å². The average Bonchev–Trinajstić information content (AvgIpc) is 2.32. The number of carboxylic acids is 1. The van der Waals surface area contributed by atoms with Crippen LogP contribution in [-0.4, -0.2) is 46.1 Å². The summed E-state index contributed by atoms with van der Waals surface area (Å²) in [4.78, 5) is 12.0. The molecule has 12 heavy (non-hydrogen) atoms. The van der Waals surface area contributed by atoms with Crippen molar-refractivity contribution in [2.24, 2.45) is 5.84 Å². The van der Waals surface area contributed by atoms with Crippen LogP contribution in [0.1, 0.15) is 6.92 Å².